The average Bonchev–Trinajstić information content (AvgIpc) is 3.18. The van der Waals surface area contributed by atoms with Crippen molar-refractivity contribution in [3.05, 3.63) is 71.3 Å². The zero-order chi connectivity index (χ0) is 21.5. The van der Waals surface area contributed by atoms with Crippen LogP contribution in [0, 0.1) is 0 Å². The highest BCUT2D eigenvalue weighted by molar-refractivity contribution is 8.00. The minimum atomic E-state index is -0.0212. The smallest absolute Gasteiger partial charge is 0.251 e. The highest BCUT2D eigenvalue weighted by Crippen LogP contribution is 2.39. The molecule has 2 amide bonds. The lowest BCUT2D eigenvalue weighted by Gasteiger charge is -2.24. The second kappa shape index (κ2) is 11.1. The van der Waals surface area contributed by atoms with E-state index in [1.807, 2.05) is 71.3 Å². The fourth-order valence-corrected chi connectivity index (χ4v) is 6.61. The first-order valence-corrected chi connectivity index (χ1v) is 13.3. The number of hydrogen-bond acceptors (Lipinski definition) is 4. The summed E-state index contributed by atoms with van der Waals surface area (Å²) < 4.78 is 0. The lowest BCUT2D eigenvalue weighted by molar-refractivity contribution is -0.128. The van der Waals surface area contributed by atoms with E-state index in [9.17, 15) is 9.59 Å². The third-order valence-corrected chi connectivity index (χ3v) is 8.55. The van der Waals surface area contributed by atoms with Gasteiger partial charge in [-0.2, -0.15) is 11.8 Å². The van der Waals surface area contributed by atoms with Gasteiger partial charge < -0.3 is 10.2 Å². The molecule has 6 heteroatoms. The van der Waals surface area contributed by atoms with E-state index >= 15 is 0 Å². The van der Waals surface area contributed by atoms with Crippen molar-refractivity contribution in [1.29, 1.82) is 0 Å². The Morgan fingerprint density at radius 2 is 1.77 bits per heavy atom. The topological polar surface area (TPSA) is 49.4 Å². The summed E-state index contributed by atoms with van der Waals surface area (Å²) in [4.78, 5) is 26.9. The number of carbonyl (C=O) groups excluding carboxylic acids is 2. The fourth-order valence-electron chi connectivity index (χ4n) is 4.20. The van der Waals surface area contributed by atoms with E-state index in [4.69, 9.17) is 0 Å². The zero-order valence-electron chi connectivity index (χ0n) is 17.8. The normalized spacial score (nSPS) is 19.5. The van der Waals surface area contributed by atoms with Crippen LogP contribution in [-0.4, -0.2) is 40.0 Å². The van der Waals surface area contributed by atoms with Gasteiger partial charge in [-0.3, -0.25) is 9.59 Å². The van der Waals surface area contributed by atoms with Crippen LogP contribution in [0.1, 0.15) is 59.0 Å². The molecule has 4 nitrogen and oxygen atoms in total. The van der Waals surface area contributed by atoms with Crippen LogP contribution >= 0.6 is 23.5 Å². The van der Waals surface area contributed by atoms with Gasteiger partial charge in [-0.1, -0.05) is 61.7 Å². The highest BCUT2D eigenvalue weighted by atomic mass is 32.2. The van der Waals surface area contributed by atoms with E-state index in [0.29, 0.717) is 24.4 Å². The van der Waals surface area contributed by atoms with Crippen molar-refractivity contribution in [2.75, 3.05) is 18.1 Å². The van der Waals surface area contributed by atoms with Crippen molar-refractivity contribution in [3.63, 3.8) is 0 Å². The Morgan fingerprint density at radius 1 is 1.03 bits per heavy atom. The van der Waals surface area contributed by atoms with E-state index in [2.05, 4.69) is 5.32 Å². The van der Waals surface area contributed by atoms with Crippen LogP contribution in [0.2, 0.25) is 0 Å². The number of rotatable bonds is 8. The molecule has 1 saturated heterocycles. The first-order valence-electron chi connectivity index (χ1n) is 11.2. The number of hydrogen-bond donors (Lipinski definition) is 1. The van der Waals surface area contributed by atoms with Crippen molar-refractivity contribution in [1.82, 2.24) is 10.2 Å². The molecule has 2 aliphatic rings. The highest BCUT2D eigenvalue weighted by Gasteiger charge is 2.32. The molecule has 1 aliphatic carbocycles. The first-order chi connectivity index (χ1) is 15.2. The summed E-state index contributed by atoms with van der Waals surface area (Å²) >= 11 is 3.65. The molecule has 2 aromatic carbocycles. The molecule has 0 radical (unpaired) electrons. The van der Waals surface area contributed by atoms with Gasteiger partial charge >= 0.3 is 0 Å². The number of benzene rings is 2. The predicted octanol–water partition coefficient (Wildman–Crippen LogP) is 5.26. The fraction of sp³-hybridized carbons (Fsp3) is 0.440. The monoisotopic (exact) mass is 454 g/mol. The average molecular weight is 455 g/mol. The summed E-state index contributed by atoms with van der Waals surface area (Å²) in [6, 6.07) is 17.8. The van der Waals surface area contributed by atoms with Gasteiger partial charge in [0.1, 0.15) is 5.37 Å². The Kier molecular flexibility index (Phi) is 7.97. The molecule has 1 aliphatic heterocycles. The second-order valence-electron chi connectivity index (χ2n) is 8.18. The van der Waals surface area contributed by atoms with E-state index in [1.165, 1.54) is 32.1 Å². The number of thioether (sulfide) groups is 2. The van der Waals surface area contributed by atoms with Gasteiger partial charge in [0.05, 0.1) is 5.75 Å². The summed E-state index contributed by atoms with van der Waals surface area (Å²) in [5, 5.41) is 3.82. The summed E-state index contributed by atoms with van der Waals surface area (Å²) in [5.41, 5.74) is 2.87. The molecule has 0 bridgehead atoms. The first kappa shape index (κ1) is 22.3. The summed E-state index contributed by atoms with van der Waals surface area (Å²) in [5.74, 6) is 1.62. The van der Waals surface area contributed by atoms with Gasteiger partial charge in [0, 0.05) is 29.7 Å². The number of nitrogens with one attached hydrogen (secondary N) is 1. The van der Waals surface area contributed by atoms with Crippen LogP contribution in [0.4, 0.5) is 0 Å². The third-order valence-electron chi connectivity index (χ3n) is 5.92. The maximum atomic E-state index is 12.5. The maximum Gasteiger partial charge on any atom is 0.251 e. The lowest BCUT2D eigenvalue weighted by atomic mass is 10.0. The molecule has 164 valence electrons. The Balaban J connectivity index is 1.29. The van der Waals surface area contributed by atoms with Gasteiger partial charge in [-0.05, 0) is 36.1 Å². The minimum Gasteiger partial charge on any atom is -0.351 e. The van der Waals surface area contributed by atoms with Crippen molar-refractivity contribution >= 4 is 35.3 Å². The number of carbonyl (C=O) groups is 2. The second-order valence-corrected chi connectivity index (χ2v) is 10.7. The molecular weight excluding hydrogens is 424 g/mol. The van der Waals surface area contributed by atoms with Crippen LogP contribution in [0.25, 0.3) is 0 Å². The SMILES string of the molecule is O=C(NCCSC1CCCCC1)c1ccc([C@H]2SCC(=O)N2Cc2ccccc2)cc1. The number of nitrogens with zero attached hydrogens (tertiary/aromatic N) is 1. The van der Waals surface area contributed by atoms with Crippen molar-refractivity contribution in [3.8, 4) is 0 Å². The molecule has 1 N–H and O–H groups in total. The molecule has 0 unspecified atom stereocenters. The molecule has 0 aromatic heterocycles. The van der Waals surface area contributed by atoms with E-state index in [-0.39, 0.29) is 17.2 Å². The van der Waals surface area contributed by atoms with Crippen LogP contribution in [0.5, 0.6) is 0 Å². The molecule has 1 saturated carbocycles. The third kappa shape index (κ3) is 6.07. The zero-order valence-corrected chi connectivity index (χ0v) is 19.4. The van der Waals surface area contributed by atoms with Crippen LogP contribution in [0.3, 0.4) is 0 Å². The lowest BCUT2D eigenvalue weighted by Crippen LogP contribution is -2.28. The van der Waals surface area contributed by atoms with Crippen LogP contribution < -0.4 is 5.32 Å². The van der Waals surface area contributed by atoms with Gasteiger partial charge in [0.15, 0.2) is 0 Å². The van der Waals surface area contributed by atoms with Crippen molar-refractivity contribution in [2.24, 2.45) is 0 Å². The Bertz CT molecular complexity index is 867. The van der Waals surface area contributed by atoms with E-state index in [1.54, 1.807) is 11.8 Å². The Labute approximate surface area is 193 Å². The number of amides is 2. The summed E-state index contributed by atoms with van der Waals surface area (Å²) in [6.07, 6.45) is 6.72. The molecule has 31 heavy (non-hydrogen) atoms. The molecule has 2 aromatic rings. The van der Waals surface area contributed by atoms with Gasteiger partial charge in [-0.15, -0.1) is 11.8 Å². The Hall–Kier alpha value is -1.92. The maximum absolute atomic E-state index is 12.5. The van der Waals surface area contributed by atoms with Gasteiger partial charge in [0.25, 0.3) is 5.91 Å². The minimum absolute atomic E-state index is 0.00305. The molecular formula is C25H30N2O2S2. The van der Waals surface area contributed by atoms with Crippen LogP contribution in [-0.2, 0) is 11.3 Å². The van der Waals surface area contributed by atoms with E-state index < -0.39 is 0 Å². The molecule has 0 spiro atoms. The predicted molar refractivity (Wildman–Crippen MR) is 130 cm³/mol. The summed E-state index contributed by atoms with van der Waals surface area (Å²) in [7, 11) is 0. The molecule has 1 atom stereocenters. The van der Waals surface area contributed by atoms with Crippen LogP contribution in [0.15, 0.2) is 54.6 Å². The molecule has 4 rings (SSSR count). The molecule has 2 fully saturated rings. The van der Waals surface area contributed by atoms with Crippen molar-refractivity contribution in [2.45, 2.75) is 49.3 Å². The van der Waals surface area contributed by atoms with E-state index in [0.717, 1.165) is 22.1 Å². The van der Waals surface area contributed by atoms with Crippen molar-refractivity contribution < 1.29 is 9.59 Å². The van der Waals surface area contributed by atoms with Gasteiger partial charge in [-0.25, -0.2) is 0 Å². The summed E-state index contributed by atoms with van der Waals surface area (Å²) in [6.45, 7) is 1.32. The quantitative estimate of drug-likeness (QED) is 0.553. The standard InChI is InChI=1S/C25H30N2O2S2/c28-23-18-31-25(27(23)17-19-7-3-1-4-8-19)21-13-11-20(12-14-21)24(29)26-15-16-30-22-9-5-2-6-10-22/h1,3-4,7-8,11-14,22,25H,2,5-6,9-10,15-18H2,(H,26,29)/t25-/m1/s1. The largest absolute Gasteiger partial charge is 0.351 e. The molecule has 1 heterocycles. The van der Waals surface area contributed by atoms with Gasteiger partial charge in [0.2, 0.25) is 5.91 Å². The Morgan fingerprint density at radius 3 is 2.52 bits per heavy atom.